The zero-order valence-electron chi connectivity index (χ0n) is 13.4. The summed E-state index contributed by atoms with van der Waals surface area (Å²) in [5.74, 6) is -1.22. The fourth-order valence-corrected chi connectivity index (χ4v) is 3.70. The number of amides is 1. The van der Waals surface area contributed by atoms with Crippen LogP contribution in [0, 0.1) is 0 Å². The SMILES string of the molecule is CC(OC(=O)C1CCCN1S(C)(=O)=O)C(=O)Nc1ccc(Cl)cc1. The van der Waals surface area contributed by atoms with Crippen molar-refractivity contribution in [1.29, 1.82) is 0 Å². The fourth-order valence-electron chi connectivity index (χ4n) is 2.46. The van der Waals surface area contributed by atoms with Gasteiger partial charge < -0.3 is 10.1 Å². The zero-order chi connectivity index (χ0) is 17.9. The average molecular weight is 375 g/mol. The van der Waals surface area contributed by atoms with E-state index in [1.165, 1.54) is 6.92 Å². The highest BCUT2D eigenvalue weighted by Crippen LogP contribution is 2.22. The Hall–Kier alpha value is -1.64. The second-order valence-corrected chi connectivity index (χ2v) is 7.98. The summed E-state index contributed by atoms with van der Waals surface area (Å²) in [6.07, 6.45) is 0.973. The quantitative estimate of drug-likeness (QED) is 0.791. The molecule has 2 atom stereocenters. The minimum atomic E-state index is -3.49. The number of benzene rings is 1. The molecule has 0 radical (unpaired) electrons. The first-order valence-electron chi connectivity index (χ1n) is 7.42. The van der Waals surface area contributed by atoms with E-state index in [0.717, 1.165) is 10.6 Å². The monoisotopic (exact) mass is 374 g/mol. The molecule has 0 bridgehead atoms. The van der Waals surface area contributed by atoms with Crippen LogP contribution in [0.4, 0.5) is 5.69 Å². The van der Waals surface area contributed by atoms with Crippen LogP contribution in [0.25, 0.3) is 0 Å². The number of esters is 1. The maximum Gasteiger partial charge on any atom is 0.325 e. The number of halogens is 1. The van der Waals surface area contributed by atoms with Gasteiger partial charge in [0.1, 0.15) is 6.04 Å². The van der Waals surface area contributed by atoms with Crippen LogP contribution in [0.3, 0.4) is 0 Å². The Morgan fingerprint density at radius 3 is 2.54 bits per heavy atom. The van der Waals surface area contributed by atoms with Crippen LogP contribution >= 0.6 is 11.6 Å². The van der Waals surface area contributed by atoms with E-state index in [9.17, 15) is 18.0 Å². The van der Waals surface area contributed by atoms with E-state index in [2.05, 4.69) is 5.32 Å². The first-order chi connectivity index (χ1) is 11.2. The Morgan fingerprint density at radius 1 is 1.33 bits per heavy atom. The Morgan fingerprint density at radius 2 is 1.96 bits per heavy atom. The van der Waals surface area contributed by atoms with E-state index in [-0.39, 0.29) is 6.54 Å². The fraction of sp³-hybridized carbons (Fsp3) is 0.467. The molecule has 1 saturated heterocycles. The van der Waals surface area contributed by atoms with Crippen molar-refractivity contribution in [2.24, 2.45) is 0 Å². The lowest BCUT2D eigenvalue weighted by atomic mass is 10.2. The summed E-state index contributed by atoms with van der Waals surface area (Å²) in [5, 5.41) is 3.14. The zero-order valence-corrected chi connectivity index (χ0v) is 14.9. The van der Waals surface area contributed by atoms with Crippen molar-refractivity contribution in [3.05, 3.63) is 29.3 Å². The lowest BCUT2D eigenvalue weighted by Gasteiger charge is -2.22. The number of carbonyl (C=O) groups is 2. The van der Waals surface area contributed by atoms with Crippen LogP contribution in [0.2, 0.25) is 5.02 Å². The van der Waals surface area contributed by atoms with E-state index in [1.807, 2.05) is 0 Å². The molecule has 1 aliphatic rings. The summed E-state index contributed by atoms with van der Waals surface area (Å²) >= 11 is 5.77. The van der Waals surface area contributed by atoms with Gasteiger partial charge in [0.2, 0.25) is 10.0 Å². The molecule has 2 rings (SSSR count). The number of carbonyl (C=O) groups excluding carboxylic acids is 2. The molecule has 1 amide bonds. The Bertz CT molecular complexity index is 720. The summed E-state index contributed by atoms with van der Waals surface area (Å²) in [5.41, 5.74) is 0.519. The molecule has 9 heteroatoms. The van der Waals surface area contributed by atoms with E-state index >= 15 is 0 Å². The molecule has 1 N–H and O–H groups in total. The van der Waals surface area contributed by atoms with Gasteiger partial charge in [0.05, 0.1) is 6.26 Å². The number of nitrogens with one attached hydrogen (secondary N) is 1. The number of sulfonamides is 1. The average Bonchev–Trinajstić information content (AvgIpc) is 2.99. The van der Waals surface area contributed by atoms with Crippen molar-refractivity contribution in [2.75, 3.05) is 18.1 Å². The van der Waals surface area contributed by atoms with E-state index in [0.29, 0.717) is 23.6 Å². The van der Waals surface area contributed by atoms with Crippen LogP contribution in [0.1, 0.15) is 19.8 Å². The molecule has 24 heavy (non-hydrogen) atoms. The second kappa shape index (κ2) is 7.50. The van der Waals surface area contributed by atoms with Gasteiger partial charge in [0.25, 0.3) is 5.91 Å². The first-order valence-corrected chi connectivity index (χ1v) is 9.65. The molecule has 0 saturated carbocycles. The predicted octanol–water partition coefficient (Wildman–Crippen LogP) is 1.63. The third-order valence-corrected chi connectivity index (χ3v) is 5.22. The molecular weight excluding hydrogens is 356 g/mol. The highest BCUT2D eigenvalue weighted by Gasteiger charge is 2.38. The molecule has 2 unspecified atom stereocenters. The number of rotatable bonds is 5. The summed E-state index contributed by atoms with van der Waals surface area (Å²) in [7, 11) is -3.49. The maximum absolute atomic E-state index is 12.2. The van der Waals surface area contributed by atoms with Gasteiger partial charge in [-0.2, -0.15) is 4.31 Å². The smallest absolute Gasteiger partial charge is 0.325 e. The number of hydrogen-bond donors (Lipinski definition) is 1. The van der Waals surface area contributed by atoms with Crippen LogP contribution in [0.15, 0.2) is 24.3 Å². The van der Waals surface area contributed by atoms with Gasteiger partial charge in [-0.3, -0.25) is 9.59 Å². The number of nitrogens with zero attached hydrogens (tertiary/aromatic N) is 1. The molecule has 1 aromatic rings. The standard InChI is InChI=1S/C15H19ClN2O5S/c1-10(14(19)17-12-7-5-11(16)6-8-12)23-15(20)13-4-3-9-18(13)24(2,21)22/h5-8,10,13H,3-4,9H2,1-2H3,(H,17,19). The summed E-state index contributed by atoms with van der Waals surface area (Å²) < 4.78 is 29.6. The van der Waals surface area contributed by atoms with Crippen molar-refractivity contribution in [2.45, 2.75) is 31.9 Å². The molecule has 0 spiro atoms. The lowest BCUT2D eigenvalue weighted by Crippen LogP contribution is -2.43. The van der Waals surface area contributed by atoms with Crippen molar-refractivity contribution in [1.82, 2.24) is 4.31 Å². The van der Waals surface area contributed by atoms with Gasteiger partial charge in [-0.15, -0.1) is 0 Å². The summed E-state index contributed by atoms with van der Waals surface area (Å²) in [6, 6.07) is 5.62. The number of anilines is 1. The maximum atomic E-state index is 12.2. The summed E-state index contributed by atoms with van der Waals surface area (Å²) in [6.45, 7) is 1.72. The number of hydrogen-bond acceptors (Lipinski definition) is 5. The molecule has 0 aliphatic carbocycles. The van der Waals surface area contributed by atoms with Gasteiger partial charge in [0, 0.05) is 17.3 Å². The molecule has 0 aromatic heterocycles. The first kappa shape index (κ1) is 18.7. The van der Waals surface area contributed by atoms with E-state index in [1.54, 1.807) is 24.3 Å². The van der Waals surface area contributed by atoms with Crippen molar-refractivity contribution in [3.63, 3.8) is 0 Å². The number of ether oxygens (including phenoxy) is 1. The second-order valence-electron chi connectivity index (χ2n) is 5.61. The van der Waals surface area contributed by atoms with E-state index < -0.39 is 34.0 Å². The van der Waals surface area contributed by atoms with Gasteiger partial charge in [-0.1, -0.05) is 11.6 Å². The molecule has 132 valence electrons. The van der Waals surface area contributed by atoms with Crippen molar-refractivity contribution >= 4 is 39.2 Å². The van der Waals surface area contributed by atoms with Gasteiger partial charge in [-0.25, -0.2) is 8.42 Å². The molecule has 1 aromatic carbocycles. The minimum absolute atomic E-state index is 0.282. The predicted molar refractivity (Wildman–Crippen MR) is 90.2 cm³/mol. The Labute approximate surface area is 146 Å². The van der Waals surface area contributed by atoms with Crippen LogP contribution in [0.5, 0.6) is 0 Å². The highest BCUT2D eigenvalue weighted by atomic mass is 35.5. The van der Waals surface area contributed by atoms with Crippen LogP contribution < -0.4 is 5.32 Å². The molecular formula is C15H19ClN2O5S. The van der Waals surface area contributed by atoms with Gasteiger partial charge >= 0.3 is 5.97 Å². The molecule has 7 nitrogen and oxygen atoms in total. The van der Waals surface area contributed by atoms with Crippen LogP contribution in [-0.2, 0) is 24.3 Å². The van der Waals surface area contributed by atoms with Gasteiger partial charge in [-0.05, 0) is 44.0 Å². The van der Waals surface area contributed by atoms with Crippen molar-refractivity contribution in [3.8, 4) is 0 Å². The minimum Gasteiger partial charge on any atom is -0.451 e. The highest BCUT2D eigenvalue weighted by molar-refractivity contribution is 7.88. The van der Waals surface area contributed by atoms with Crippen molar-refractivity contribution < 1.29 is 22.7 Å². The summed E-state index contributed by atoms with van der Waals surface area (Å²) in [4.78, 5) is 24.3. The third-order valence-electron chi connectivity index (χ3n) is 3.68. The Balaban J connectivity index is 1.95. The Kier molecular flexibility index (Phi) is 5.84. The lowest BCUT2D eigenvalue weighted by molar-refractivity contribution is -0.156. The topological polar surface area (TPSA) is 92.8 Å². The molecule has 1 aliphatic heterocycles. The van der Waals surface area contributed by atoms with Gasteiger partial charge in [0.15, 0.2) is 6.10 Å². The molecule has 1 heterocycles. The molecule has 1 fully saturated rings. The van der Waals surface area contributed by atoms with E-state index in [4.69, 9.17) is 16.3 Å². The van der Waals surface area contributed by atoms with Crippen LogP contribution in [-0.4, -0.2) is 49.5 Å². The third kappa shape index (κ3) is 4.68. The normalized spacial score (nSPS) is 19.7. The largest absolute Gasteiger partial charge is 0.451 e.